The monoisotopic (exact) mass is 190 g/mol. The zero-order valence-electron chi connectivity index (χ0n) is 8.47. The van der Waals surface area contributed by atoms with Gasteiger partial charge in [-0.3, -0.25) is 4.65 Å². The lowest BCUT2D eigenvalue weighted by molar-refractivity contribution is 0.359. The van der Waals surface area contributed by atoms with Crippen LogP contribution in [0.15, 0.2) is 42.2 Å². The van der Waals surface area contributed by atoms with E-state index >= 15 is 0 Å². The van der Waals surface area contributed by atoms with Crippen molar-refractivity contribution in [3.8, 4) is 0 Å². The number of quaternary nitrogens is 1. The van der Waals surface area contributed by atoms with Crippen molar-refractivity contribution in [1.82, 2.24) is 9.55 Å². The van der Waals surface area contributed by atoms with Gasteiger partial charge >= 0.3 is 0 Å². The van der Waals surface area contributed by atoms with Crippen LogP contribution in [0.5, 0.6) is 0 Å². The van der Waals surface area contributed by atoms with E-state index in [2.05, 4.69) is 0 Å². The van der Waals surface area contributed by atoms with Crippen molar-refractivity contribution in [1.29, 1.82) is 0 Å². The van der Waals surface area contributed by atoms with Crippen molar-refractivity contribution in [3.05, 3.63) is 47.4 Å². The summed E-state index contributed by atoms with van der Waals surface area (Å²) >= 11 is 0. The van der Waals surface area contributed by atoms with E-state index in [1.54, 1.807) is 6.20 Å². The van der Waals surface area contributed by atoms with Crippen molar-refractivity contribution in [2.75, 3.05) is 20.6 Å². The molecule has 1 aromatic carbocycles. The minimum absolute atomic E-state index is 0.325. The first-order valence-corrected chi connectivity index (χ1v) is 4.65. The number of nitrogens with zero attached hydrogens (tertiary/aromatic N) is 2. The highest BCUT2D eigenvalue weighted by atomic mass is 16.5. The molecule has 1 heterocycles. The fourth-order valence-electron chi connectivity index (χ4n) is 1.56. The van der Waals surface area contributed by atoms with Gasteiger partial charge in [0.1, 0.15) is 24.1 Å². The summed E-state index contributed by atoms with van der Waals surface area (Å²) in [6.07, 6.45) is 1.75. The van der Waals surface area contributed by atoms with Crippen molar-refractivity contribution >= 4 is 5.69 Å². The molecule has 1 atom stereocenters. The minimum atomic E-state index is -0.325. The molecule has 0 saturated carbocycles. The lowest BCUT2D eigenvalue weighted by Crippen LogP contribution is -2.50. The number of para-hydroxylation sites is 1. The Labute approximate surface area is 84.0 Å². The van der Waals surface area contributed by atoms with Gasteiger partial charge in [0.2, 0.25) is 0 Å². The number of hydrogen-bond acceptors (Lipinski definition) is 2. The van der Waals surface area contributed by atoms with Crippen LogP contribution in [0, 0.1) is 5.21 Å². The van der Waals surface area contributed by atoms with Gasteiger partial charge in [0.15, 0.2) is 0 Å². The Hall–Kier alpha value is -1.32. The van der Waals surface area contributed by atoms with Crippen LogP contribution in [0.25, 0.3) is 0 Å². The summed E-state index contributed by atoms with van der Waals surface area (Å²) in [7, 11) is 3.92. The van der Waals surface area contributed by atoms with E-state index in [0.717, 1.165) is 11.4 Å². The topological polar surface area (TPSA) is 26.3 Å². The van der Waals surface area contributed by atoms with Gasteiger partial charge in [-0.15, -0.1) is 0 Å². The number of rotatable bonds is 2. The first-order valence-electron chi connectivity index (χ1n) is 4.65. The first kappa shape index (κ1) is 9.24. The summed E-state index contributed by atoms with van der Waals surface area (Å²) in [5.74, 6) is 0. The molecule has 0 fully saturated rings. The van der Waals surface area contributed by atoms with Crippen LogP contribution < -0.4 is 4.65 Å². The lowest BCUT2D eigenvalue weighted by atomic mass is 10.2. The number of hydrogen-bond donors (Lipinski definition) is 0. The van der Waals surface area contributed by atoms with Gasteiger partial charge in [-0.05, 0) is 12.1 Å². The Balaban J connectivity index is 2.23. The molecule has 1 aliphatic rings. The largest absolute Gasteiger partial charge is 0.622 e. The predicted octanol–water partition coefficient (Wildman–Crippen LogP) is 1.91. The molecule has 0 bridgehead atoms. The van der Waals surface area contributed by atoms with Crippen LogP contribution >= 0.6 is 0 Å². The Kier molecular flexibility index (Phi) is 2.06. The maximum Gasteiger partial charge on any atom is 0.137 e. The molecule has 1 unspecified atom stereocenters. The van der Waals surface area contributed by atoms with Crippen molar-refractivity contribution in [3.63, 3.8) is 0 Å². The molecule has 0 amide bonds. The molecular formula is C11H14N2O. The molecule has 3 heteroatoms. The maximum absolute atomic E-state index is 12.1. The average Bonchev–Trinajstić information content (AvgIpc) is 2.14. The molecular weight excluding hydrogens is 176 g/mol. The smallest absolute Gasteiger partial charge is 0.137 e. The fraction of sp³-hybridized carbons (Fsp3) is 0.273. The molecule has 0 spiro atoms. The summed E-state index contributed by atoms with van der Waals surface area (Å²) in [6, 6.07) is 9.46. The first-order chi connectivity index (χ1) is 6.62. The highest BCUT2D eigenvalue weighted by molar-refractivity contribution is 5.51. The van der Waals surface area contributed by atoms with Gasteiger partial charge in [-0.2, -0.15) is 0 Å². The fourth-order valence-corrected chi connectivity index (χ4v) is 1.56. The summed E-state index contributed by atoms with van der Waals surface area (Å²) in [5.41, 5.74) is 1.90. The molecule has 14 heavy (non-hydrogen) atoms. The molecule has 3 nitrogen and oxygen atoms in total. The summed E-state index contributed by atoms with van der Waals surface area (Å²) in [5, 5.41) is 12.1. The molecule has 2 rings (SSSR count). The second kappa shape index (κ2) is 3.12. The van der Waals surface area contributed by atoms with Crippen LogP contribution in [-0.2, 0) is 0 Å². The zero-order valence-corrected chi connectivity index (χ0v) is 8.47. The Morgan fingerprint density at radius 1 is 1.21 bits per heavy atom. The van der Waals surface area contributed by atoms with Crippen molar-refractivity contribution < 1.29 is 0 Å². The number of benzene rings is 1. The predicted molar refractivity (Wildman–Crippen MR) is 58.2 cm³/mol. The molecule has 0 saturated heterocycles. The third kappa shape index (κ3) is 1.41. The maximum atomic E-state index is 12.1. The van der Waals surface area contributed by atoms with Crippen LogP contribution in [-0.4, -0.2) is 25.5 Å². The minimum Gasteiger partial charge on any atom is -0.622 e. The molecule has 74 valence electrons. The average molecular weight is 190 g/mol. The van der Waals surface area contributed by atoms with Gasteiger partial charge < -0.3 is 10.1 Å². The number of likely N-dealkylation sites (N-methyl/N-ethyl adjacent to an activating group) is 1. The van der Waals surface area contributed by atoms with E-state index in [-0.39, 0.29) is 4.65 Å². The molecule has 0 aromatic heterocycles. The van der Waals surface area contributed by atoms with Gasteiger partial charge in [0.05, 0.1) is 0 Å². The Morgan fingerprint density at radius 2 is 1.79 bits per heavy atom. The molecule has 1 aliphatic heterocycles. The van der Waals surface area contributed by atoms with Crippen LogP contribution in [0.1, 0.15) is 0 Å². The summed E-state index contributed by atoms with van der Waals surface area (Å²) in [4.78, 5) is 1.98. The highest BCUT2D eigenvalue weighted by Crippen LogP contribution is 2.31. The van der Waals surface area contributed by atoms with E-state index in [9.17, 15) is 5.21 Å². The van der Waals surface area contributed by atoms with Crippen molar-refractivity contribution in [2.45, 2.75) is 0 Å². The lowest BCUT2D eigenvalue weighted by Gasteiger charge is -2.46. The molecule has 0 aliphatic carbocycles. The third-order valence-electron chi connectivity index (χ3n) is 2.52. The van der Waals surface area contributed by atoms with Crippen LogP contribution in [0.4, 0.5) is 5.69 Å². The summed E-state index contributed by atoms with van der Waals surface area (Å²) < 4.78 is -0.325. The van der Waals surface area contributed by atoms with Gasteiger partial charge in [-0.25, -0.2) is 0 Å². The quantitative estimate of drug-likeness (QED) is 0.526. The second-order valence-electron chi connectivity index (χ2n) is 3.80. The van der Waals surface area contributed by atoms with Crippen molar-refractivity contribution in [2.24, 2.45) is 0 Å². The van der Waals surface area contributed by atoms with Crippen LogP contribution in [0.2, 0.25) is 0 Å². The molecule has 0 radical (unpaired) electrons. The number of hydroxylamine groups is 2. The Morgan fingerprint density at radius 3 is 2.29 bits per heavy atom. The second-order valence-corrected chi connectivity index (χ2v) is 3.80. The van der Waals surface area contributed by atoms with E-state index in [1.165, 1.54) is 0 Å². The summed E-state index contributed by atoms with van der Waals surface area (Å²) in [6.45, 7) is 0.539. The zero-order chi connectivity index (χ0) is 10.2. The third-order valence-corrected chi connectivity index (χ3v) is 2.52. The highest BCUT2D eigenvalue weighted by Gasteiger charge is 2.31. The van der Waals surface area contributed by atoms with Crippen LogP contribution in [0.3, 0.4) is 0 Å². The molecule has 1 aromatic rings. The SMILES string of the molecule is CN(C)C1=C[N+]([O-])(c2ccccc2)C1. The van der Waals surface area contributed by atoms with Gasteiger partial charge in [-0.1, -0.05) is 18.2 Å². The van der Waals surface area contributed by atoms with Gasteiger partial charge in [0, 0.05) is 14.1 Å². The van der Waals surface area contributed by atoms with E-state index in [1.807, 2.05) is 49.3 Å². The molecule has 0 N–H and O–H groups in total. The van der Waals surface area contributed by atoms with Gasteiger partial charge in [0.25, 0.3) is 0 Å². The van der Waals surface area contributed by atoms with E-state index < -0.39 is 0 Å². The van der Waals surface area contributed by atoms with E-state index in [4.69, 9.17) is 0 Å². The normalized spacial score (nSPS) is 25.2. The standard InChI is InChI=1S/C11H14N2O/c1-12(2)10-8-13(14,9-10)11-6-4-3-5-7-11/h3-8H,9H2,1-2H3. The Bertz CT molecular complexity index is 359. The van der Waals surface area contributed by atoms with E-state index in [0.29, 0.717) is 6.54 Å².